The van der Waals surface area contributed by atoms with E-state index in [9.17, 15) is 5.11 Å². The van der Waals surface area contributed by atoms with Gasteiger partial charge < -0.3 is 5.11 Å². The smallest absolute Gasteiger partial charge is 0.134 e. The SMILES string of the molecule is Oc1cncc(-c2nc3ccc(Br)cc3s2)c1. The second kappa shape index (κ2) is 4.09. The molecule has 5 heteroatoms. The summed E-state index contributed by atoms with van der Waals surface area (Å²) in [6.07, 6.45) is 3.11. The Kier molecular flexibility index (Phi) is 2.57. The summed E-state index contributed by atoms with van der Waals surface area (Å²) in [4.78, 5) is 8.47. The Morgan fingerprint density at radius 3 is 2.88 bits per heavy atom. The highest BCUT2D eigenvalue weighted by Gasteiger charge is 2.07. The van der Waals surface area contributed by atoms with Crippen LogP contribution in [0.15, 0.2) is 41.1 Å². The van der Waals surface area contributed by atoms with Crippen molar-refractivity contribution in [1.29, 1.82) is 0 Å². The van der Waals surface area contributed by atoms with Crippen LogP contribution in [0, 0.1) is 0 Å². The van der Waals surface area contributed by atoms with E-state index in [2.05, 4.69) is 25.9 Å². The number of thiazole rings is 1. The molecule has 0 saturated heterocycles. The van der Waals surface area contributed by atoms with Crippen molar-refractivity contribution in [2.75, 3.05) is 0 Å². The average Bonchev–Trinajstić information content (AvgIpc) is 2.72. The maximum Gasteiger partial charge on any atom is 0.134 e. The van der Waals surface area contributed by atoms with Gasteiger partial charge in [-0.3, -0.25) is 4.98 Å². The fourth-order valence-corrected chi connectivity index (χ4v) is 3.07. The Labute approximate surface area is 110 Å². The van der Waals surface area contributed by atoms with Crippen LogP contribution in [0.4, 0.5) is 0 Å². The number of aromatic nitrogens is 2. The van der Waals surface area contributed by atoms with E-state index in [1.807, 2.05) is 18.2 Å². The minimum absolute atomic E-state index is 0.155. The molecule has 0 bridgehead atoms. The highest BCUT2D eigenvalue weighted by atomic mass is 79.9. The van der Waals surface area contributed by atoms with Crippen molar-refractivity contribution in [2.45, 2.75) is 0 Å². The van der Waals surface area contributed by atoms with Gasteiger partial charge in [0.2, 0.25) is 0 Å². The van der Waals surface area contributed by atoms with E-state index in [1.54, 1.807) is 23.6 Å². The van der Waals surface area contributed by atoms with Crippen LogP contribution in [0.25, 0.3) is 20.8 Å². The van der Waals surface area contributed by atoms with Gasteiger partial charge in [-0.15, -0.1) is 11.3 Å². The number of halogens is 1. The lowest BCUT2D eigenvalue weighted by molar-refractivity contribution is 0.473. The van der Waals surface area contributed by atoms with Gasteiger partial charge in [-0.2, -0.15) is 0 Å². The highest BCUT2D eigenvalue weighted by Crippen LogP contribution is 2.32. The maximum absolute atomic E-state index is 9.40. The van der Waals surface area contributed by atoms with E-state index in [0.29, 0.717) is 0 Å². The maximum atomic E-state index is 9.40. The molecular formula is C12H7BrN2OS. The lowest BCUT2D eigenvalue weighted by Gasteiger charge is -1.94. The average molecular weight is 307 g/mol. The Morgan fingerprint density at radius 2 is 2.06 bits per heavy atom. The van der Waals surface area contributed by atoms with Crippen LogP contribution in [-0.2, 0) is 0 Å². The van der Waals surface area contributed by atoms with Gasteiger partial charge in [0.25, 0.3) is 0 Å². The Morgan fingerprint density at radius 1 is 1.18 bits per heavy atom. The lowest BCUT2D eigenvalue weighted by Crippen LogP contribution is -1.78. The third-order valence-corrected chi connectivity index (χ3v) is 3.88. The second-order valence-electron chi connectivity index (χ2n) is 3.56. The van der Waals surface area contributed by atoms with E-state index in [1.165, 1.54) is 6.20 Å². The van der Waals surface area contributed by atoms with Gasteiger partial charge in [0.05, 0.1) is 16.4 Å². The first-order valence-electron chi connectivity index (χ1n) is 4.93. The number of hydrogen-bond acceptors (Lipinski definition) is 4. The van der Waals surface area contributed by atoms with Crippen molar-refractivity contribution in [2.24, 2.45) is 0 Å². The standard InChI is InChI=1S/C12H7BrN2OS/c13-8-1-2-10-11(4-8)17-12(15-10)7-3-9(16)6-14-5-7/h1-6,16H. The van der Waals surface area contributed by atoms with Crippen molar-refractivity contribution in [1.82, 2.24) is 9.97 Å². The second-order valence-corrected chi connectivity index (χ2v) is 5.51. The van der Waals surface area contributed by atoms with Crippen LogP contribution in [0.1, 0.15) is 0 Å². The first-order valence-corrected chi connectivity index (χ1v) is 6.54. The Balaban J connectivity index is 2.18. The summed E-state index contributed by atoms with van der Waals surface area (Å²) in [5, 5.41) is 10.3. The van der Waals surface area contributed by atoms with Crippen LogP contribution in [-0.4, -0.2) is 15.1 Å². The first kappa shape index (κ1) is 10.7. The molecule has 84 valence electrons. The molecule has 0 atom stereocenters. The molecule has 0 saturated carbocycles. The minimum Gasteiger partial charge on any atom is -0.506 e. The summed E-state index contributed by atoms with van der Waals surface area (Å²) in [6.45, 7) is 0. The van der Waals surface area contributed by atoms with Crippen LogP contribution < -0.4 is 0 Å². The number of fused-ring (bicyclic) bond motifs is 1. The molecule has 3 aromatic rings. The van der Waals surface area contributed by atoms with Gasteiger partial charge in [-0.1, -0.05) is 15.9 Å². The van der Waals surface area contributed by atoms with Gasteiger partial charge in [-0.25, -0.2) is 4.98 Å². The normalized spacial score (nSPS) is 10.9. The van der Waals surface area contributed by atoms with Crippen molar-refractivity contribution in [3.63, 3.8) is 0 Å². The third kappa shape index (κ3) is 2.03. The zero-order valence-corrected chi connectivity index (χ0v) is 11.0. The molecular weight excluding hydrogens is 300 g/mol. The van der Waals surface area contributed by atoms with Gasteiger partial charge in [0, 0.05) is 16.2 Å². The molecule has 0 fully saturated rings. The molecule has 0 amide bonds. The number of rotatable bonds is 1. The van der Waals surface area contributed by atoms with Crippen molar-refractivity contribution >= 4 is 37.5 Å². The Hall–Kier alpha value is -1.46. The molecule has 1 N–H and O–H groups in total. The molecule has 0 aliphatic heterocycles. The third-order valence-electron chi connectivity index (χ3n) is 2.32. The highest BCUT2D eigenvalue weighted by molar-refractivity contribution is 9.10. The molecule has 0 radical (unpaired) electrons. The zero-order chi connectivity index (χ0) is 11.8. The molecule has 0 aliphatic carbocycles. The molecule has 17 heavy (non-hydrogen) atoms. The summed E-state index contributed by atoms with van der Waals surface area (Å²) < 4.78 is 2.15. The monoisotopic (exact) mass is 306 g/mol. The van der Waals surface area contributed by atoms with Crippen LogP contribution in [0.2, 0.25) is 0 Å². The van der Waals surface area contributed by atoms with E-state index in [4.69, 9.17) is 0 Å². The van der Waals surface area contributed by atoms with Gasteiger partial charge >= 0.3 is 0 Å². The number of nitrogens with zero attached hydrogens (tertiary/aromatic N) is 2. The van der Waals surface area contributed by atoms with Crippen LogP contribution in [0.3, 0.4) is 0 Å². The van der Waals surface area contributed by atoms with Crippen molar-refractivity contribution in [3.05, 3.63) is 41.1 Å². The fourth-order valence-electron chi connectivity index (χ4n) is 1.57. The predicted molar refractivity (Wildman–Crippen MR) is 72.2 cm³/mol. The number of benzene rings is 1. The van der Waals surface area contributed by atoms with E-state index in [-0.39, 0.29) is 5.75 Å². The summed E-state index contributed by atoms with van der Waals surface area (Å²) in [5.41, 5.74) is 1.79. The van der Waals surface area contributed by atoms with Crippen molar-refractivity contribution in [3.8, 4) is 16.3 Å². The molecule has 2 aromatic heterocycles. The largest absolute Gasteiger partial charge is 0.506 e. The quantitative estimate of drug-likeness (QED) is 0.743. The van der Waals surface area contributed by atoms with Gasteiger partial charge in [0.15, 0.2) is 0 Å². The molecule has 0 aliphatic rings. The predicted octanol–water partition coefficient (Wildman–Crippen LogP) is 3.83. The number of pyridine rings is 1. The van der Waals surface area contributed by atoms with E-state index >= 15 is 0 Å². The molecule has 3 rings (SSSR count). The fraction of sp³-hybridized carbons (Fsp3) is 0. The van der Waals surface area contributed by atoms with Crippen LogP contribution in [0.5, 0.6) is 5.75 Å². The van der Waals surface area contributed by atoms with Gasteiger partial charge in [0.1, 0.15) is 10.8 Å². The molecule has 3 nitrogen and oxygen atoms in total. The number of hydrogen-bond donors (Lipinski definition) is 1. The Bertz CT molecular complexity index is 696. The van der Waals surface area contributed by atoms with Crippen molar-refractivity contribution < 1.29 is 5.11 Å². The molecule has 0 unspecified atom stereocenters. The first-order chi connectivity index (χ1) is 8.22. The van der Waals surface area contributed by atoms with E-state index in [0.717, 1.165) is 25.3 Å². The topological polar surface area (TPSA) is 46.0 Å². The van der Waals surface area contributed by atoms with E-state index < -0.39 is 0 Å². The molecule has 1 aromatic carbocycles. The molecule has 2 heterocycles. The minimum atomic E-state index is 0.155. The summed E-state index contributed by atoms with van der Waals surface area (Å²) in [5.74, 6) is 0.155. The van der Waals surface area contributed by atoms with Crippen LogP contribution >= 0.6 is 27.3 Å². The van der Waals surface area contributed by atoms with Gasteiger partial charge in [-0.05, 0) is 24.3 Å². The number of aromatic hydroxyl groups is 1. The zero-order valence-electron chi connectivity index (χ0n) is 8.59. The molecule has 0 spiro atoms. The summed E-state index contributed by atoms with van der Waals surface area (Å²) in [6, 6.07) is 7.63. The summed E-state index contributed by atoms with van der Waals surface area (Å²) in [7, 11) is 0. The lowest BCUT2D eigenvalue weighted by atomic mass is 10.3. The summed E-state index contributed by atoms with van der Waals surface area (Å²) >= 11 is 5.02.